The van der Waals surface area contributed by atoms with Gasteiger partial charge in [0.15, 0.2) is 18.7 Å². The van der Waals surface area contributed by atoms with Gasteiger partial charge in [0.1, 0.15) is 98.7 Å². The summed E-state index contributed by atoms with van der Waals surface area (Å²) >= 11 is 0. The summed E-state index contributed by atoms with van der Waals surface area (Å²) in [6.45, 7) is 5.85. The number of phosphoric acid groups is 1. The molecule has 1 saturated carbocycles. The Kier molecular flexibility index (Phi) is 56.1. The van der Waals surface area contributed by atoms with E-state index in [0.717, 1.165) is 89.9 Å². The Balaban J connectivity index is 1.69. The number of ether oxygens (including phenoxy) is 7. The van der Waals surface area contributed by atoms with Gasteiger partial charge in [-0.2, -0.15) is 0 Å². The lowest BCUT2D eigenvalue weighted by Gasteiger charge is -2.49. The van der Waals surface area contributed by atoms with Gasteiger partial charge < -0.3 is 89.1 Å². The molecule has 19 atom stereocenters. The Morgan fingerprint density at radius 1 is 0.362 bits per heavy atom. The Bertz CT molecular complexity index is 2170. The van der Waals surface area contributed by atoms with Gasteiger partial charge >= 0.3 is 25.7 Å². The molecule has 0 aromatic rings. The largest absolute Gasteiger partial charge is 0.472 e. The topological polar surface area (TPSA) is 374 Å². The lowest BCUT2D eigenvalue weighted by molar-refractivity contribution is -0.360. The van der Waals surface area contributed by atoms with Crippen LogP contribution >= 0.6 is 7.82 Å². The maximum Gasteiger partial charge on any atom is 0.472 e. The van der Waals surface area contributed by atoms with E-state index >= 15 is 0 Å². The third kappa shape index (κ3) is 43.0. The molecule has 19 unspecified atom stereocenters. The number of phosphoric ester groups is 1. The maximum atomic E-state index is 14.4. The van der Waals surface area contributed by atoms with Crippen molar-refractivity contribution in [2.45, 2.75) is 459 Å². The highest BCUT2D eigenvalue weighted by Gasteiger charge is 2.58. The fraction of sp³-hybridized carbons (Fsp3) is 0.963. The molecule has 2 saturated heterocycles. The number of rotatable bonds is 67. The summed E-state index contributed by atoms with van der Waals surface area (Å²) in [5, 5.41) is 110. The highest BCUT2D eigenvalue weighted by molar-refractivity contribution is 7.47. The molecule has 25 heteroatoms. The van der Waals surface area contributed by atoms with E-state index in [1.54, 1.807) is 0 Å². The van der Waals surface area contributed by atoms with Crippen LogP contribution in [0.5, 0.6) is 0 Å². The SMILES string of the molecule is CCCCCCCCCCCCCCCCCCCC(=O)OCC(COP(=O)(O)OC1C(OC2OC(CO)C(O)C(O)C2O)C(O)C(O)C(O)C1OC1OC(COC(=O)CCCCCCCCC(C)CCCCCCCC)C(O)C(O)C1O)OC(=O)CCCCCCCCCCCCCCCCCCC. The number of aliphatic hydroxyl groups excluding tert-OH is 10. The molecule has 0 radical (unpaired) electrons. The molecule has 3 aliphatic rings. The molecular formula is C80H151O24P. The molecule has 3 fully saturated rings. The molecule has 2 heterocycles. The number of hydrogen-bond donors (Lipinski definition) is 11. The molecule has 620 valence electrons. The van der Waals surface area contributed by atoms with E-state index in [2.05, 4.69) is 27.7 Å². The van der Waals surface area contributed by atoms with Crippen LogP contribution in [0.1, 0.15) is 355 Å². The van der Waals surface area contributed by atoms with Crippen molar-refractivity contribution in [3.63, 3.8) is 0 Å². The van der Waals surface area contributed by atoms with Crippen LogP contribution in [-0.2, 0) is 61.2 Å². The van der Waals surface area contributed by atoms with Gasteiger partial charge in [-0.05, 0) is 25.2 Å². The van der Waals surface area contributed by atoms with Gasteiger partial charge in [-0.25, -0.2) is 4.57 Å². The first-order valence-electron chi connectivity index (χ1n) is 42.2. The summed E-state index contributed by atoms with van der Waals surface area (Å²) in [4.78, 5) is 51.3. The number of hydrogen-bond acceptors (Lipinski definition) is 23. The van der Waals surface area contributed by atoms with Gasteiger partial charge in [-0.1, -0.05) is 317 Å². The quantitative estimate of drug-likeness (QED) is 0.0117. The number of unbranched alkanes of at least 4 members (excludes halogenated alkanes) is 42. The molecule has 0 aromatic carbocycles. The van der Waals surface area contributed by atoms with Crippen LogP contribution in [0.4, 0.5) is 0 Å². The third-order valence-electron chi connectivity index (χ3n) is 21.3. The van der Waals surface area contributed by atoms with Crippen molar-refractivity contribution >= 4 is 25.7 Å². The Labute approximate surface area is 631 Å². The van der Waals surface area contributed by atoms with Crippen molar-refractivity contribution in [1.82, 2.24) is 0 Å². The first-order chi connectivity index (χ1) is 50.7. The van der Waals surface area contributed by atoms with Crippen LogP contribution < -0.4 is 0 Å². The first kappa shape index (κ1) is 97.2. The summed E-state index contributed by atoms with van der Waals surface area (Å²) < 4.78 is 65.4. The number of carbonyl (C=O) groups is 3. The lowest BCUT2D eigenvalue weighted by atomic mass is 9.84. The zero-order chi connectivity index (χ0) is 76.9. The summed E-state index contributed by atoms with van der Waals surface area (Å²) in [6.07, 6.45) is 19.8. The molecule has 1 aliphatic carbocycles. The van der Waals surface area contributed by atoms with E-state index < -0.39 is 156 Å². The van der Waals surface area contributed by atoms with Crippen LogP contribution in [0.15, 0.2) is 0 Å². The Morgan fingerprint density at radius 2 is 0.667 bits per heavy atom. The molecule has 0 amide bonds. The molecular weight excluding hydrogens is 1380 g/mol. The fourth-order valence-electron chi connectivity index (χ4n) is 14.4. The van der Waals surface area contributed by atoms with Crippen LogP contribution in [-0.4, -0.2) is 204 Å². The van der Waals surface area contributed by atoms with Gasteiger partial charge in [0.25, 0.3) is 0 Å². The van der Waals surface area contributed by atoms with Crippen molar-refractivity contribution in [2.75, 3.05) is 26.4 Å². The van der Waals surface area contributed by atoms with Gasteiger partial charge in [0.2, 0.25) is 0 Å². The Morgan fingerprint density at radius 3 is 1.03 bits per heavy atom. The molecule has 0 bridgehead atoms. The van der Waals surface area contributed by atoms with Crippen molar-refractivity contribution < 1.29 is 117 Å². The second-order valence-electron chi connectivity index (χ2n) is 30.8. The minimum Gasteiger partial charge on any atom is -0.463 e. The van der Waals surface area contributed by atoms with Crippen LogP contribution in [0.25, 0.3) is 0 Å². The second-order valence-corrected chi connectivity index (χ2v) is 32.2. The maximum absolute atomic E-state index is 14.4. The zero-order valence-electron chi connectivity index (χ0n) is 65.5. The van der Waals surface area contributed by atoms with E-state index in [4.69, 9.17) is 42.2 Å². The molecule has 2 aliphatic heterocycles. The summed E-state index contributed by atoms with van der Waals surface area (Å²) in [5.41, 5.74) is 0. The molecule has 11 N–H and O–H groups in total. The average molecular weight is 1530 g/mol. The van der Waals surface area contributed by atoms with E-state index in [-0.39, 0.29) is 19.3 Å². The fourth-order valence-corrected chi connectivity index (χ4v) is 15.3. The third-order valence-corrected chi connectivity index (χ3v) is 22.3. The predicted molar refractivity (Wildman–Crippen MR) is 402 cm³/mol. The van der Waals surface area contributed by atoms with Gasteiger partial charge in [0, 0.05) is 19.3 Å². The van der Waals surface area contributed by atoms with Gasteiger partial charge in [-0.15, -0.1) is 0 Å². The number of carbonyl (C=O) groups excluding carboxylic acids is 3. The summed E-state index contributed by atoms with van der Waals surface area (Å²) in [5.74, 6) is -1.27. The molecule has 0 spiro atoms. The minimum atomic E-state index is -5.70. The van der Waals surface area contributed by atoms with E-state index in [0.29, 0.717) is 25.2 Å². The van der Waals surface area contributed by atoms with Crippen LogP contribution in [0.2, 0.25) is 0 Å². The summed E-state index contributed by atoms with van der Waals surface area (Å²) in [6, 6.07) is 0. The lowest BCUT2D eigenvalue weighted by Crippen LogP contribution is -2.69. The molecule has 24 nitrogen and oxygen atoms in total. The van der Waals surface area contributed by atoms with E-state index in [1.807, 2.05) is 0 Å². The standard InChI is InChI=1S/C80H151O24P/c1-5-8-11-14-17-19-21-23-25-27-29-31-33-35-37-43-48-53-64(82)96-57-61(99-66(84)55-50-45-38-36-34-32-30-28-26-24-22-20-18-15-12-9-6-2)58-98-105(94,95)104-78-76(102-79-74(92)69(87)67(85)62(56-81)100-79)72(90)71(89)73(91)77(78)103-80-75(93)70(88)68(86)63(101-80)59-97-65(83)54-49-44-40-39-42-47-52-60(4)51-46-41-16-13-10-7-3/h60-63,67-81,85-93H,5-59H2,1-4H3,(H,94,95). The molecule has 0 aromatic heterocycles. The number of aliphatic hydroxyl groups is 10. The monoisotopic (exact) mass is 1530 g/mol. The normalized spacial score (nSPS) is 26.8. The van der Waals surface area contributed by atoms with Crippen LogP contribution in [0, 0.1) is 5.92 Å². The van der Waals surface area contributed by atoms with Crippen molar-refractivity contribution in [3.8, 4) is 0 Å². The van der Waals surface area contributed by atoms with E-state index in [9.17, 15) is 74.9 Å². The highest BCUT2D eigenvalue weighted by atomic mass is 31.2. The van der Waals surface area contributed by atoms with Crippen molar-refractivity contribution in [2.24, 2.45) is 5.92 Å². The minimum absolute atomic E-state index is 0.0312. The van der Waals surface area contributed by atoms with Crippen molar-refractivity contribution in [3.05, 3.63) is 0 Å². The first-order valence-corrected chi connectivity index (χ1v) is 43.7. The highest BCUT2D eigenvalue weighted by Crippen LogP contribution is 2.49. The van der Waals surface area contributed by atoms with Crippen LogP contribution in [0.3, 0.4) is 0 Å². The van der Waals surface area contributed by atoms with E-state index in [1.165, 1.54) is 199 Å². The number of esters is 3. The zero-order valence-corrected chi connectivity index (χ0v) is 66.4. The smallest absolute Gasteiger partial charge is 0.463 e. The summed E-state index contributed by atoms with van der Waals surface area (Å²) in [7, 11) is -5.70. The predicted octanol–water partition coefficient (Wildman–Crippen LogP) is 13.6. The average Bonchev–Trinajstić information content (AvgIpc) is 0.762. The Hall–Kier alpha value is -2.04. The van der Waals surface area contributed by atoms with Gasteiger partial charge in [0.05, 0.1) is 13.2 Å². The van der Waals surface area contributed by atoms with Gasteiger partial charge in [-0.3, -0.25) is 23.4 Å². The second kappa shape index (κ2) is 60.6. The molecule has 3 rings (SSSR count). The molecule has 105 heavy (non-hydrogen) atoms. The van der Waals surface area contributed by atoms with Crippen molar-refractivity contribution in [1.29, 1.82) is 0 Å².